The Morgan fingerprint density at radius 2 is 1.75 bits per heavy atom. The molecule has 0 saturated heterocycles. The molecule has 0 aliphatic rings. The number of hydrogen-bond donors (Lipinski definition) is 1. The molecule has 1 aromatic heterocycles. The molecule has 4 nitrogen and oxygen atoms in total. The van der Waals surface area contributed by atoms with Gasteiger partial charge in [-0.25, -0.2) is 4.79 Å². The van der Waals surface area contributed by atoms with Crippen molar-refractivity contribution in [3.8, 4) is 22.8 Å². The third-order valence-corrected chi connectivity index (χ3v) is 3.66. The van der Waals surface area contributed by atoms with Crippen molar-refractivity contribution in [3.63, 3.8) is 0 Å². The van der Waals surface area contributed by atoms with E-state index >= 15 is 0 Å². The van der Waals surface area contributed by atoms with E-state index in [0.717, 1.165) is 28.5 Å². The number of aryl methyl sites for hydroxylation is 1. The fourth-order valence-corrected chi connectivity index (χ4v) is 2.52. The van der Waals surface area contributed by atoms with Gasteiger partial charge in [-0.15, -0.1) is 0 Å². The number of H-pyrrole nitrogens is 1. The van der Waals surface area contributed by atoms with Crippen LogP contribution < -0.4 is 4.74 Å². The molecule has 3 rings (SSSR count). The highest BCUT2D eigenvalue weighted by atomic mass is 16.5. The van der Waals surface area contributed by atoms with Crippen molar-refractivity contribution in [2.75, 3.05) is 6.61 Å². The second-order valence-corrected chi connectivity index (χ2v) is 5.35. The highest BCUT2D eigenvalue weighted by molar-refractivity contribution is 5.92. The van der Waals surface area contributed by atoms with Crippen LogP contribution in [0.3, 0.4) is 0 Å². The van der Waals surface area contributed by atoms with Gasteiger partial charge in [0, 0.05) is 11.3 Å². The van der Waals surface area contributed by atoms with Gasteiger partial charge in [-0.1, -0.05) is 30.3 Å². The Morgan fingerprint density at radius 3 is 2.50 bits per heavy atom. The smallest absolute Gasteiger partial charge is 0.339 e. The van der Waals surface area contributed by atoms with E-state index in [1.165, 1.54) is 0 Å². The van der Waals surface area contributed by atoms with Crippen LogP contribution in [0.15, 0.2) is 60.7 Å². The van der Waals surface area contributed by atoms with Crippen LogP contribution in [-0.2, 0) is 4.74 Å². The van der Waals surface area contributed by atoms with Gasteiger partial charge in [0.05, 0.1) is 17.9 Å². The van der Waals surface area contributed by atoms with Gasteiger partial charge in [-0.3, -0.25) is 0 Å². The number of rotatable bonds is 5. The van der Waals surface area contributed by atoms with Gasteiger partial charge >= 0.3 is 5.97 Å². The molecule has 0 radical (unpaired) electrons. The summed E-state index contributed by atoms with van der Waals surface area (Å²) >= 11 is 0. The van der Waals surface area contributed by atoms with Crippen LogP contribution >= 0.6 is 0 Å². The first-order valence-electron chi connectivity index (χ1n) is 7.88. The number of nitrogens with one attached hydrogen (secondary N) is 1. The maximum Gasteiger partial charge on any atom is 0.339 e. The van der Waals surface area contributed by atoms with Gasteiger partial charge in [-0.05, 0) is 44.2 Å². The van der Waals surface area contributed by atoms with E-state index in [4.69, 9.17) is 9.47 Å². The number of carbonyl (C=O) groups excluding carboxylic acids is 1. The van der Waals surface area contributed by atoms with E-state index in [-0.39, 0.29) is 5.97 Å². The molecule has 4 heteroatoms. The van der Waals surface area contributed by atoms with Gasteiger partial charge < -0.3 is 14.5 Å². The SMILES string of the molecule is CCOC(=O)c1cc(-c2ccccc2Oc2ccccc2)[nH]c1C. The summed E-state index contributed by atoms with van der Waals surface area (Å²) < 4.78 is 11.1. The Balaban J connectivity index is 1.96. The first-order valence-corrected chi connectivity index (χ1v) is 7.88. The van der Waals surface area contributed by atoms with Crippen LogP contribution in [0, 0.1) is 6.92 Å². The largest absolute Gasteiger partial charge is 0.462 e. The zero-order valence-electron chi connectivity index (χ0n) is 13.7. The van der Waals surface area contributed by atoms with Crippen LogP contribution in [0.2, 0.25) is 0 Å². The zero-order valence-corrected chi connectivity index (χ0v) is 13.7. The summed E-state index contributed by atoms with van der Waals surface area (Å²) in [6.07, 6.45) is 0. The summed E-state index contributed by atoms with van der Waals surface area (Å²) in [7, 11) is 0. The fraction of sp³-hybridized carbons (Fsp3) is 0.150. The number of esters is 1. The number of aromatic amines is 1. The Bertz CT molecular complexity index is 837. The fourth-order valence-electron chi connectivity index (χ4n) is 2.52. The quantitative estimate of drug-likeness (QED) is 0.676. The minimum atomic E-state index is -0.320. The Morgan fingerprint density at radius 1 is 1.04 bits per heavy atom. The van der Waals surface area contributed by atoms with Gasteiger partial charge in [-0.2, -0.15) is 0 Å². The third-order valence-electron chi connectivity index (χ3n) is 3.66. The Labute approximate surface area is 141 Å². The predicted octanol–water partition coefficient (Wildman–Crippen LogP) is 4.96. The number of benzene rings is 2. The van der Waals surface area contributed by atoms with Crippen molar-refractivity contribution in [3.05, 3.63) is 71.9 Å². The second kappa shape index (κ2) is 7.04. The van der Waals surface area contributed by atoms with Crippen LogP contribution in [0.5, 0.6) is 11.5 Å². The zero-order chi connectivity index (χ0) is 16.9. The van der Waals surface area contributed by atoms with E-state index in [1.54, 1.807) is 13.0 Å². The van der Waals surface area contributed by atoms with Crippen molar-refractivity contribution in [1.82, 2.24) is 4.98 Å². The van der Waals surface area contributed by atoms with E-state index in [1.807, 2.05) is 61.5 Å². The Kier molecular flexibility index (Phi) is 4.66. The molecule has 0 atom stereocenters. The molecule has 0 unspecified atom stereocenters. The predicted molar refractivity (Wildman–Crippen MR) is 93.4 cm³/mol. The van der Waals surface area contributed by atoms with E-state index in [0.29, 0.717) is 12.2 Å². The summed E-state index contributed by atoms with van der Waals surface area (Å²) in [6, 6.07) is 19.1. The summed E-state index contributed by atoms with van der Waals surface area (Å²) in [4.78, 5) is 15.3. The summed E-state index contributed by atoms with van der Waals surface area (Å²) in [5, 5.41) is 0. The lowest BCUT2D eigenvalue weighted by Gasteiger charge is -2.10. The molecular weight excluding hydrogens is 302 g/mol. The number of ether oxygens (including phenoxy) is 2. The third kappa shape index (κ3) is 3.33. The van der Waals surface area contributed by atoms with Crippen LogP contribution in [0.4, 0.5) is 0 Å². The minimum Gasteiger partial charge on any atom is -0.462 e. The van der Waals surface area contributed by atoms with Crippen molar-refractivity contribution in [2.45, 2.75) is 13.8 Å². The standard InChI is InChI=1S/C20H19NO3/c1-3-23-20(22)17-13-18(21-14(17)2)16-11-7-8-12-19(16)24-15-9-5-4-6-10-15/h4-13,21H,3H2,1-2H3. The number of carbonyl (C=O) groups is 1. The van der Waals surface area contributed by atoms with Crippen LogP contribution in [-0.4, -0.2) is 17.6 Å². The molecule has 1 N–H and O–H groups in total. The molecule has 0 aliphatic heterocycles. The van der Waals surface area contributed by atoms with Crippen LogP contribution in [0.25, 0.3) is 11.3 Å². The normalized spacial score (nSPS) is 10.4. The minimum absolute atomic E-state index is 0.320. The van der Waals surface area contributed by atoms with E-state index in [2.05, 4.69) is 4.98 Å². The molecule has 0 saturated carbocycles. The van der Waals surface area contributed by atoms with Crippen molar-refractivity contribution >= 4 is 5.97 Å². The van der Waals surface area contributed by atoms with Gasteiger partial charge in [0.1, 0.15) is 11.5 Å². The van der Waals surface area contributed by atoms with Crippen molar-refractivity contribution in [2.24, 2.45) is 0 Å². The average molecular weight is 321 g/mol. The molecule has 0 aliphatic carbocycles. The summed E-state index contributed by atoms with van der Waals surface area (Å²) in [5.74, 6) is 1.16. The Hall–Kier alpha value is -3.01. The van der Waals surface area contributed by atoms with E-state index in [9.17, 15) is 4.79 Å². The molecule has 2 aromatic carbocycles. The molecule has 122 valence electrons. The maximum atomic E-state index is 12.0. The first-order chi connectivity index (χ1) is 11.7. The van der Waals surface area contributed by atoms with Gasteiger partial charge in [0.15, 0.2) is 0 Å². The first kappa shape index (κ1) is 15.9. The average Bonchev–Trinajstić information content (AvgIpc) is 2.98. The molecule has 0 amide bonds. The highest BCUT2D eigenvalue weighted by Crippen LogP contribution is 2.33. The second-order valence-electron chi connectivity index (χ2n) is 5.35. The van der Waals surface area contributed by atoms with Gasteiger partial charge in [0.25, 0.3) is 0 Å². The topological polar surface area (TPSA) is 51.3 Å². The molecule has 1 heterocycles. The lowest BCUT2D eigenvalue weighted by atomic mass is 10.1. The summed E-state index contributed by atoms with van der Waals surface area (Å²) in [5.41, 5.74) is 3.03. The molecule has 24 heavy (non-hydrogen) atoms. The maximum absolute atomic E-state index is 12.0. The molecular formula is C20H19NO3. The van der Waals surface area contributed by atoms with E-state index < -0.39 is 0 Å². The van der Waals surface area contributed by atoms with Gasteiger partial charge in [0.2, 0.25) is 0 Å². The number of aromatic nitrogens is 1. The molecule has 0 fully saturated rings. The van der Waals surface area contributed by atoms with Crippen LogP contribution in [0.1, 0.15) is 23.0 Å². The van der Waals surface area contributed by atoms with Crippen molar-refractivity contribution < 1.29 is 14.3 Å². The molecule has 3 aromatic rings. The molecule has 0 bridgehead atoms. The lowest BCUT2D eigenvalue weighted by molar-refractivity contribution is 0.0526. The lowest BCUT2D eigenvalue weighted by Crippen LogP contribution is -2.04. The van der Waals surface area contributed by atoms with Crippen molar-refractivity contribution in [1.29, 1.82) is 0 Å². The highest BCUT2D eigenvalue weighted by Gasteiger charge is 2.16. The monoisotopic (exact) mass is 321 g/mol. The number of hydrogen-bond acceptors (Lipinski definition) is 3. The number of para-hydroxylation sites is 2. The summed E-state index contributed by atoms with van der Waals surface area (Å²) in [6.45, 7) is 4.01. The molecule has 0 spiro atoms.